The maximum Gasteiger partial charge on any atom is 0.343 e. The van der Waals surface area contributed by atoms with E-state index in [0.29, 0.717) is 0 Å². The summed E-state index contributed by atoms with van der Waals surface area (Å²) in [7, 11) is 3.31. The number of rotatable bonds is 6. The van der Waals surface area contributed by atoms with Gasteiger partial charge in [-0.2, -0.15) is 0 Å². The summed E-state index contributed by atoms with van der Waals surface area (Å²) in [5.41, 5.74) is -2.17. The number of esters is 1. The predicted molar refractivity (Wildman–Crippen MR) is 96.9 cm³/mol. The summed E-state index contributed by atoms with van der Waals surface area (Å²) >= 11 is 0. The van der Waals surface area contributed by atoms with Gasteiger partial charge in [-0.1, -0.05) is 0 Å². The number of nitrogens with zero attached hydrogens (tertiary/aromatic N) is 2. The van der Waals surface area contributed by atoms with Crippen LogP contribution in [-0.2, 0) is 11.3 Å². The second kappa shape index (κ2) is 8.11. The van der Waals surface area contributed by atoms with Gasteiger partial charge in [-0.25, -0.2) is 13.6 Å². The molecule has 6 nitrogen and oxygen atoms in total. The Labute approximate surface area is 154 Å². The highest BCUT2D eigenvalue weighted by molar-refractivity contribution is 6.07. The Bertz CT molecular complexity index is 994. The molecule has 0 fully saturated rings. The minimum Gasteiger partial charge on any atom is -0.462 e. The van der Waals surface area contributed by atoms with Gasteiger partial charge in [0.25, 0.3) is 0 Å². The van der Waals surface area contributed by atoms with Crippen LogP contribution in [0, 0.1) is 11.6 Å². The minimum atomic E-state index is -1.17. The largest absolute Gasteiger partial charge is 0.462 e. The van der Waals surface area contributed by atoms with Crippen LogP contribution < -0.4 is 5.43 Å². The fourth-order valence-electron chi connectivity index (χ4n) is 2.62. The predicted octanol–water partition coefficient (Wildman–Crippen LogP) is 2.73. The van der Waals surface area contributed by atoms with Crippen molar-refractivity contribution < 1.29 is 23.1 Å². The van der Waals surface area contributed by atoms with E-state index in [2.05, 4.69) is 0 Å². The lowest BCUT2D eigenvalue weighted by atomic mass is 10.0. The zero-order valence-corrected chi connectivity index (χ0v) is 15.5. The van der Waals surface area contributed by atoms with Crippen LogP contribution in [0.4, 0.5) is 8.78 Å². The van der Waals surface area contributed by atoms with Crippen molar-refractivity contribution in [3.8, 4) is 0 Å². The average Bonchev–Trinajstić information content (AvgIpc) is 2.60. The molecule has 2 rings (SSSR count). The first-order valence-corrected chi connectivity index (χ1v) is 8.34. The number of hydrogen-bond acceptors (Lipinski definition) is 5. The third-order valence-corrected chi connectivity index (χ3v) is 3.86. The molecular weight excluding hydrogens is 358 g/mol. The van der Waals surface area contributed by atoms with Crippen LogP contribution >= 0.6 is 0 Å². The number of allylic oxidation sites excluding steroid dienone is 1. The van der Waals surface area contributed by atoms with E-state index in [9.17, 15) is 18.8 Å². The zero-order chi connectivity index (χ0) is 20.3. The van der Waals surface area contributed by atoms with Crippen LogP contribution in [0.1, 0.15) is 34.6 Å². The molecule has 1 heterocycles. The monoisotopic (exact) mass is 378 g/mol. The number of hydrogen-bond donors (Lipinski definition) is 0. The van der Waals surface area contributed by atoms with Crippen molar-refractivity contribution in [2.24, 2.45) is 0 Å². The standard InChI is InChI=1S/C19H20F2N2O4/c1-5-23-10-12(19(26)27-6-2)18(25)11-9-13(20)15(16(21)17(11)23)14(24)7-8-22(3)4/h7-10H,5-6H2,1-4H3/b8-7+. The molecule has 144 valence electrons. The molecule has 0 bridgehead atoms. The van der Waals surface area contributed by atoms with Crippen LogP contribution in [0.25, 0.3) is 10.9 Å². The van der Waals surface area contributed by atoms with Gasteiger partial charge in [0.15, 0.2) is 11.6 Å². The molecule has 8 heteroatoms. The Hall–Kier alpha value is -3.03. The molecule has 0 atom stereocenters. The Morgan fingerprint density at radius 2 is 1.93 bits per heavy atom. The van der Waals surface area contributed by atoms with Gasteiger partial charge < -0.3 is 14.2 Å². The summed E-state index contributed by atoms with van der Waals surface area (Å²) in [6.07, 6.45) is 3.56. The van der Waals surface area contributed by atoms with Crippen molar-refractivity contribution in [3.05, 3.63) is 57.5 Å². The van der Waals surface area contributed by atoms with Crippen LogP contribution in [0.3, 0.4) is 0 Å². The van der Waals surface area contributed by atoms with Crippen molar-refractivity contribution in [2.45, 2.75) is 20.4 Å². The third-order valence-electron chi connectivity index (χ3n) is 3.86. The number of carbonyl (C=O) groups is 2. The molecule has 2 aromatic rings. The van der Waals surface area contributed by atoms with E-state index in [4.69, 9.17) is 4.74 Å². The second-order valence-electron chi connectivity index (χ2n) is 5.97. The summed E-state index contributed by atoms with van der Waals surface area (Å²) in [5, 5.41) is -0.328. The smallest absolute Gasteiger partial charge is 0.343 e. The van der Waals surface area contributed by atoms with Gasteiger partial charge in [0.2, 0.25) is 5.43 Å². The fraction of sp³-hybridized carbons (Fsp3) is 0.316. The number of ether oxygens (including phenoxy) is 1. The van der Waals surface area contributed by atoms with Gasteiger partial charge in [0.1, 0.15) is 11.4 Å². The Balaban J connectivity index is 2.81. The molecule has 0 aliphatic rings. The molecule has 0 saturated carbocycles. The van der Waals surface area contributed by atoms with E-state index < -0.39 is 34.4 Å². The van der Waals surface area contributed by atoms with Crippen molar-refractivity contribution in [3.63, 3.8) is 0 Å². The van der Waals surface area contributed by atoms with E-state index in [1.807, 2.05) is 0 Å². The van der Waals surface area contributed by atoms with Gasteiger partial charge in [0, 0.05) is 39.1 Å². The number of fused-ring (bicyclic) bond motifs is 1. The number of aromatic nitrogens is 1. The van der Waals surface area contributed by atoms with Crippen LogP contribution in [0.2, 0.25) is 0 Å². The lowest BCUT2D eigenvalue weighted by Gasteiger charge is -2.14. The highest BCUT2D eigenvalue weighted by Gasteiger charge is 2.24. The summed E-state index contributed by atoms with van der Waals surface area (Å²) < 4.78 is 35.6. The number of halogens is 2. The highest BCUT2D eigenvalue weighted by atomic mass is 19.1. The molecule has 0 N–H and O–H groups in total. The Morgan fingerprint density at radius 3 is 2.48 bits per heavy atom. The third kappa shape index (κ3) is 3.89. The lowest BCUT2D eigenvalue weighted by molar-refractivity contribution is 0.0524. The summed E-state index contributed by atoms with van der Waals surface area (Å²) in [5.74, 6) is -4.06. The Kier molecular flexibility index (Phi) is 6.09. The topological polar surface area (TPSA) is 68.6 Å². The quantitative estimate of drug-likeness (QED) is 0.439. The SMILES string of the molecule is CCOC(=O)c1cn(CC)c2c(F)c(C(=O)/C=C/N(C)C)c(F)cc2c1=O. The summed E-state index contributed by atoms with van der Waals surface area (Å²) in [6, 6.07) is 0.784. The molecule has 1 aromatic carbocycles. The molecule has 0 radical (unpaired) electrons. The van der Waals surface area contributed by atoms with Crippen molar-refractivity contribution in [2.75, 3.05) is 20.7 Å². The first kappa shape index (κ1) is 20.3. The summed E-state index contributed by atoms with van der Waals surface area (Å²) in [4.78, 5) is 38.3. The van der Waals surface area contributed by atoms with Gasteiger partial charge >= 0.3 is 5.97 Å². The van der Waals surface area contributed by atoms with Gasteiger partial charge in [-0.3, -0.25) is 9.59 Å². The van der Waals surface area contributed by atoms with E-state index in [1.165, 1.54) is 10.8 Å². The maximum atomic E-state index is 15.0. The average molecular weight is 378 g/mol. The Morgan fingerprint density at radius 1 is 1.26 bits per heavy atom. The van der Waals surface area contributed by atoms with Crippen LogP contribution in [0.5, 0.6) is 0 Å². The zero-order valence-electron chi connectivity index (χ0n) is 15.5. The molecule has 0 aliphatic heterocycles. The highest BCUT2D eigenvalue weighted by Crippen LogP contribution is 2.24. The number of benzene rings is 1. The number of aryl methyl sites for hydroxylation is 1. The van der Waals surface area contributed by atoms with Gasteiger partial charge in [-0.15, -0.1) is 0 Å². The first-order chi connectivity index (χ1) is 12.7. The second-order valence-corrected chi connectivity index (χ2v) is 5.97. The lowest BCUT2D eigenvalue weighted by Crippen LogP contribution is -2.22. The first-order valence-electron chi connectivity index (χ1n) is 8.34. The molecule has 0 spiro atoms. The van der Waals surface area contributed by atoms with Crippen LogP contribution in [-0.4, -0.2) is 41.9 Å². The van der Waals surface area contributed by atoms with E-state index in [-0.39, 0.29) is 29.6 Å². The molecular formula is C19H20F2N2O4. The molecule has 0 unspecified atom stereocenters. The van der Waals surface area contributed by atoms with Crippen molar-refractivity contribution in [1.29, 1.82) is 0 Å². The van der Waals surface area contributed by atoms with E-state index >= 15 is 4.39 Å². The van der Waals surface area contributed by atoms with Gasteiger partial charge in [-0.05, 0) is 19.9 Å². The fourth-order valence-corrected chi connectivity index (χ4v) is 2.62. The maximum absolute atomic E-state index is 15.0. The van der Waals surface area contributed by atoms with Crippen LogP contribution in [0.15, 0.2) is 29.3 Å². The molecule has 1 aromatic heterocycles. The van der Waals surface area contributed by atoms with Crippen molar-refractivity contribution >= 4 is 22.7 Å². The normalized spacial score (nSPS) is 11.2. The summed E-state index contributed by atoms with van der Waals surface area (Å²) in [6.45, 7) is 3.48. The van der Waals surface area contributed by atoms with Crippen molar-refractivity contribution in [1.82, 2.24) is 9.47 Å². The number of carbonyl (C=O) groups excluding carboxylic acids is 2. The molecule has 0 saturated heterocycles. The van der Waals surface area contributed by atoms with E-state index in [0.717, 1.165) is 18.3 Å². The molecule has 27 heavy (non-hydrogen) atoms. The minimum absolute atomic E-state index is 0.0524. The van der Waals surface area contributed by atoms with E-state index in [1.54, 1.807) is 32.8 Å². The molecule has 0 aliphatic carbocycles. The molecule has 0 amide bonds. The van der Waals surface area contributed by atoms with Gasteiger partial charge in [0.05, 0.1) is 23.1 Å². The number of ketones is 1. The number of pyridine rings is 1.